The van der Waals surface area contributed by atoms with E-state index < -0.39 is 0 Å². The Balaban J connectivity index is 1.64. The van der Waals surface area contributed by atoms with Gasteiger partial charge in [-0.05, 0) is 30.2 Å². The van der Waals surface area contributed by atoms with Crippen LogP contribution in [-0.2, 0) is 6.54 Å². The predicted octanol–water partition coefficient (Wildman–Crippen LogP) is 3.73. The molecule has 0 aliphatic carbocycles. The van der Waals surface area contributed by atoms with Gasteiger partial charge in [-0.15, -0.1) is 0 Å². The van der Waals surface area contributed by atoms with Gasteiger partial charge in [0, 0.05) is 18.3 Å². The number of nitrogens with one attached hydrogen (secondary N) is 3. The summed E-state index contributed by atoms with van der Waals surface area (Å²) in [7, 11) is 0. The third-order valence-electron chi connectivity index (χ3n) is 4.46. The van der Waals surface area contributed by atoms with Crippen molar-refractivity contribution in [3.05, 3.63) is 72.1 Å². The molecule has 7 heteroatoms. The molecule has 2 heterocycles. The molecule has 0 bridgehead atoms. The van der Waals surface area contributed by atoms with Crippen molar-refractivity contribution in [2.24, 2.45) is 5.73 Å². The van der Waals surface area contributed by atoms with Crippen LogP contribution in [0, 0.1) is 0 Å². The molecule has 0 saturated heterocycles. The lowest BCUT2D eigenvalue weighted by Gasteiger charge is -2.16. The summed E-state index contributed by atoms with van der Waals surface area (Å²) in [5.41, 5.74) is 9.46. The molecule has 4 rings (SSSR count). The van der Waals surface area contributed by atoms with Crippen molar-refractivity contribution in [1.29, 1.82) is 0 Å². The molecule has 7 nitrogen and oxygen atoms in total. The van der Waals surface area contributed by atoms with Gasteiger partial charge in [0.05, 0.1) is 0 Å². The van der Waals surface area contributed by atoms with E-state index in [-0.39, 0.29) is 6.04 Å². The van der Waals surface area contributed by atoms with Gasteiger partial charge in [0.25, 0.3) is 0 Å². The molecule has 0 aliphatic rings. The molecule has 4 aromatic rings. The number of anilines is 3. The standard InChI is InChI=1S/C20H21N7/c1-13(15-5-3-2-4-6-15)24-18-17-19(23-12-22-18)26-27-20(17)25-16-9-7-14(11-21)8-10-16/h2-10,12-13H,11,21H2,1H3,(H3,22,23,24,25,26,27). The first kappa shape index (κ1) is 17.0. The molecular formula is C20H21N7. The second-order valence-corrected chi connectivity index (χ2v) is 6.32. The molecule has 0 aliphatic heterocycles. The molecule has 0 fully saturated rings. The van der Waals surface area contributed by atoms with E-state index in [0.717, 1.165) is 28.3 Å². The number of nitrogens with zero attached hydrogens (tertiary/aromatic N) is 3. The fraction of sp³-hybridized carbons (Fsp3) is 0.150. The molecule has 2 aromatic heterocycles. The van der Waals surface area contributed by atoms with Gasteiger partial charge in [-0.3, -0.25) is 5.10 Å². The number of benzene rings is 2. The van der Waals surface area contributed by atoms with Crippen LogP contribution in [0.4, 0.5) is 17.3 Å². The number of hydrogen-bond acceptors (Lipinski definition) is 6. The third-order valence-corrected chi connectivity index (χ3v) is 4.46. The molecule has 0 saturated carbocycles. The van der Waals surface area contributed by atoms with Crippen molar-refractivity contribution in [2.75, 3.05) is 10.6 Å². The van der Waals surface area contributed by atoms with E-state index in [4.69, 9.17) is 5.73 Å². The van der Waals surface area contributed by atoms with Crippen LogP contribution in [0.25, 0.3) is 11.0 Å². The Labute approximate surface area is 157 Å². The largest absolute Gasteiger partial charge is 0.363 e. The van der Waals surface area contributed by atoms with E-state index >= 15 is 0 Å². The van der Waals surface area contributed by atoms with Crippen LogP contribution >= 0.6 is 0 Å². The average Bonchev–Trinajstić information content (AvgIpc) is 3.13. The maximum atomic E-state index is 5.66. The van der Waals surface area contributed by atoms with Gasteiger partial charge in [0.2, 0.25) is 0 Å². The van der Waals surface area contributed by atoms with Gasteiger partial charge in [-0.1, -0.05) is 42.5 Å². The first-order valence-electron chi connectivity index (χ1n) is 8.81. The molecule has 0 spiro atoms. The SMILES string of the molecule is CC(Nc1ncnc2n[nH]c(Nc3ccc(CN)cc3)c12)c1ccccc1. The van der Waals surface area contributed by atoms with E-state index in [1.807, 2.05) is 42.5 Å². The van der Waals surface area contributed by atoms with E-state index in [1.165, 1.54) is 11.9 Å². The predicted molar refractivity (Wildman–Crippen MR) is 108 cm³/mol. The van der Waals surface area contributed by atoms with Gasteiger partial charge < -0.3 is 16.4 Å². The Hall–Kier alpha value is -3.45. The lowest BCUT2D eigenvalue weighted by molar-refractivity contribution is 0.876. The average molecular weight is 359 g/mol. The van der Waals surface area contributed by atoms with Crippen LogP contribution in [0.15, 0.2) is 60.9 Å². The maximum absolute atomic E-state index is 5.66. The highest BCUT2D eigenvalue weighted by atomic mass is 15.2. The Bertz CT molecular complexity index is 1030. The first-order valence-corrected chi connectivity index (χ1v) is 8.81. The van der Waals surface area contributed by atoms with Crippen LogP contribution in [-0.4, -0.2) is 20.2 Å². The summed E-state index contributed by atoms with van der Waals surface area (Å²) < 4.78 is 0. The number of H-pyrrole nitrogens is 1. The number of fused-ring (bicyclic) bond motifs is 1. The number of rotatable bonds is 6. The summed E-state index contributed by atoms with van der Waals surface area (Å²) >= 11 is 0. The minimum atomic E-state index is 0.0934. The zero-order chi connectivity index (χ0) is 18.6. The normalized spacial score (nSPS) is 12.1. The van der Waals surface area contributed by atoms with Crippen LogP contribution in [0.2, 0.25) is 0 Å². The van der Waals surface area contributed by atoms with E-state index in [0.29, 0.717) is 12.2 Å². The fourth-order valence-corrected chi connectivity index (χ4v) is 2.95. The highest BCUT2D eigenvalue weighted by molar-refractivity contribution is 5.97. The maximum Gasteiger partial charge on any atom is 0.188 e. The summed E-state index contributed by atoms with van der Waals surface area (Å²) in [5.74, 6) is 1.47. The zero-order valence-corrected chi connectivity index (χ0v) is 15.0. The summed E-state index contributed by atoms with van der Waals surface area (Å²) in [6, 6.07) is 18.3. The van der Waals surface area contributed by atoms with E-state index in [9.17, 15) is 0 Å². The van der Waals surface area contributed by atoms with Gasteiger partial charge in [0.1, 0.15) is 23.3 Å². The second kappa shape index (κ2) is 7.43. The highest BCUT2D eigenvalue weighted by Gasteiger charge is 2.15. The quantitative estimate of drug-likeness (QED) is 0.418. The smallest absolute Gasteiger partial charge is 0.188 e. The van der Waals surface area contributed by atoms with Crippen molar-refractivity contribution in [1.82, 2.24) is 20.2 Å². The molecule has 1 atom stereocenters. The molecule has 136 valence electrons. The molecule has 5 N–H and O–H groups in total. The van der Waals surface area contributed by atoms with Crippen molar-refractivity contribution in [3.8, 4) is 0 Å². The van der Waals surface area contributed by atoms with Crippen molar-refractivity contribution >= 4 is 28.4 Å². The number of hydrogen-bond donors (Lipinski definition) is 4. The lowest BCUT2D eigenvalue weighted by atomic mass is 10.1. The molecule has 0 radical (unpaired) electrons. The van der Waals surface area contributed by atoms with Gasteiger partial charge in [-0.25, -0.2) is 9.97 Å². The lowest BCUT2D eigenvalue weighted by Crippen LogP contribution is -2.08. The van der Waals surface area contributed by atoms with Gasteiger partial charge in [0.15, 0.2) is 5.65 Å². The summed E-state index contributed by atoms with van der Waals surface area (Å²) in [4.78, 5) is 8.70. The van der Waals surface area contributed by atoms with E-state index in [2.05, 4.69) is 49.9 Å². The van der Waals surface area contributed by atoms with E-state index in [1.54, 1.807) is 0 Å². The summed E-state index contributed by atoms with van der Waals surface area (Å²) in [6.07, 6.45) is 1.52. The Morgan fingerprint density at radius 1 is 1.04 bits per heavy atom. The topological polar surface area (TPSA) is 105 Å². The van der Waals surface area contributed by atoms with Gasteiger partial charge in [-0.2, -0.15) is 5.10 Å². The number of nitrogens with two attached hydrogens (primary N) is 1. The molecule has 27 heavy (non-hydrogen) atoms. The van der Waals surface area contributed by atoms with Gasteiger partial charge >= 0.3 is 0 Å². The molecule has 1 unspecified atom stereocenters. The Kier molecular flexibility index (Phi) is 4.67. The molecular weight excluding hydrogens is 338 g/mol. The number of aromatic nitrogens is 4. The highest BCUT2D eigenvalue weighted by Crippen LogP contribution is 2.30. The van der Waals surface area contributed by atoms with Crippen molar-refractivity contribution in [3.63, 3.8) is 0 Å². The zero-order valence-electron chi connectivity index (χ0n) is 15.0. The monoisotopic (exact) mass is 359 g/mol. The van der Waals surface area contributed by atoms with Crippen LogP contribution in [0.5, 0.6) is 0 Å². The molecule has 0 amide bonds. The van der Waals surface area contributed by atoms with Crippen molar-refractivity contribution in [2.45, 2.75) is 19.5 Å². The van der Waals surface area contributed by atoms with Crippen LogP contribution in [0.1, 0.15) is 24.1 Å². The Morgan fingerprint density at radius 3 is 2.56 bits per heavy atom. The third kappa shape index (κ3) is 3.58. The minimum Gasteiger partial charge on any atom is -0.363 e. The Morgan fingerprint density at radius 2 is 1.81 bits per heavy atom. The van der Waals surface area contributed by atoms with Crippen LogP contribution in [0.3, 0.4) is 0 Å². The second-order valence-electron chi connectivity index (χ2n) is 6.32. The first-order chi connectivity index (χ1) is 13.2. The summed E-state index contributed by atoms with van der Waals surface area (Å²) in [6.45, 7) is 2.62. The number of aromatic amines is 1. The summed E-state index contributed by atoms with van der Waals surface area (Å²) in [5, 5.41) is 14.9. The fourth-order valence-electron chi connectivity index (χ4n) is 2.95. The molecule has 2 aromatic carbocycles. The minimum absolute atomic E-state index is 0.0934. The van der Waals surface area contributed by atoms with Crippen LogP contribution < -0.4 is 16.4 Å². The van der Waals surface area contributed by atoms with Crippen molar-refractivity contribution < 1.29 is 0 Å².